The Morgan fingerprint density at radius 1 is 1.07 bits per heavy atom. The van der Waals surface area contributed by atoms with Gasteiger partial charge in [0.15, 0.2) is 0 Å². The Kier molecular flexibility index (Phi) is 5.00. The molecule has 0 saturated carbocycles. The Morgan fingerprint density at radius 2 is 1.81 bits per heavy atom. The van der Waals surface area contributed by atoms with Crippen molar-refractivity contribution in [2.45, 2.75) is 50.6 Å². The highest BCUT2D eigenvalue weighted by atomic mass is 19.1. The van der Waals surface area contributed by atoms with E-state index in [2.05, 4.69) is 17.0 Å². The number of nitrogens with zero attached hydrogens (tertiary/aromatic N) is 1. The van der Waals surface area contributed by atoms with Crippen LogP contribution in [0.15, 0.2) is 54.6 Å². The number of halogens is 1. The molecule has 2 saturated heterocycles. The van der Waals surface area contributed by atoms with E-state index in [1.165, 1.54) is 17.7 Å². The minimum atomic E-state index is -0.253. The normalized spacial score (nSPS) is 26.5. The van der Waals surface area contributed by atoms with Crippen LogP contribution in [-0.2, 0) is 17.6 Å². The molecule has 2 heterocycles. The average Bonchev–Trinajstić information content (AvgIpc) is 3.24. The molecule has 3 atom stereocenters. The Labute approximate surface area is 159 Å². The Morgan fingerprint density at radius 3 is 2.52 bits per heavy atom. The summed E-state index contributed by atoms with van der Waals surface area (Å²) in [7, 11) is 0. The minimum absolute atomic E-state index is 0.116. The highest BCUT2D eigenvalue weighted by Crippen LogP contribution is 2.51. The van der Waals surface area contributed by atoms with Crippen molar-refractivity contribution in [2.75, 3.05) is 6.61 Å². The van der Waals surface area contributed by atoms with Crippen molar-refractivity contribution >= 4 is 5.91 Å². The van der Waals surface area contributed by atoms with Crippen molar-refractivity contribution in [3.8, 4) is 0 Å². The number of carbonyl (C=O) groups is 1. The topological polar surface area (TPSA) is 40.5 Å². The first-order valence-electron chi connectivity index (χ1n) is 9.82. The van der Waals surface area contributed by atoms with Gasteiger partial charge in [-0.25, -0.2) is 4.39 Å². The van der Waals surface area contributed by atoms with E-state index in [9.17, 15) is 14.3 Å². The fraction of sp³-hybridized carbons (Fsp3) is 0.435. The van der Waals surface area contributed by atoms with E-state index >= 15 is 0 Å². The minimum Gasteiger partial charge on any atom is -0.396 e. The zero-order valence-electron chi connectivity index (χ0n) is 15.5. The van der Waals surface area contributed by atoms with E-state index < -0.39 is 0 Å². The fourth-order valence-corrected chi connectivity index (χ4v) is 5.12. The average molecular weight is 367 g/mol. The quantitative estimate of drug-likeness (QED) is 0.845. The van der Waals surface area contributed by atoms with Gasteiger partial charge in [0, 0.05) is 23.9 Å². The molecule has 3 nitrogen and oxygen atoms in total. The molecule has 142 valence electrons. The molecule has 2 aromatic rings. The third kappa shape index (κ3) is 3.51. The lowest BCUT2D eigenvalue weighted by Crippen LogP contribution is -2.44. The van der Waals surface area contributed by atoms with E-state index in [0.717, 1.165) is 31.2 Å². The van der Waals surface area contributed by atoms with Crippen LogP contribution in [-0.4, -0.2) is 34.6 Å². The standard InChI is InChI=1S/C23H26FNO2/c24-19-9-6-17(7-10-19)8-13-22(27)25-20-11-12-21(25)23(15-20,16-26)14-18-4-2-1-3-5-18/h1-7,9-10,20-21,26H,8,11-16H2/t20-,21+,23-/m0/s1. The van der Waals surface area contributed by atoms with E-state index in [1.807, 2.05) is 18.2 Å². The Hall–Kier alpha value is -2.20. The third-order valence-corrected chi connectivity index (χ3v) is 6.39. The smallest absolute Gasteiger partial charge is 0.223 e. The molecule has 0 aliphatic carbocycles. The maximum atomic E-state index is 13.0. The summed E-state index contributed by atoms with van der Waals surface area (Å²) in [4.78, 5) is 15.0. The lowest BCUT2D eigenvalue weighted by molar-refractivity contribution is -0.133. The van der Waals surface area contributed by atoms with Crippen molar-refractivity contribution in [3.05, 3.63) is 71.5 Å². The first kappa shape index (κ1) is 18.2. The summed E-state index contributed by atoms with van der Waals surface area (Å²) < 4.78 is 13.0. The van der Waals surface area contributed by atoms with Gasteiger partial charge in [-0.2, -0.15) is 0 Å². The second-order valence-electron chi connectivity index (χ2n) is 8.06. The molecule has 4 heteroatoms. The number of aryl methyl sites for hydroxylation is 1. The first-order valence-corrected chi connectivity index (χ1v) is 9.82. The van der Waals surface area contributed by atoms with E-state index in [0.29, 0.717) is 12.8 Å². The third-order valence-electron chi connectivity index (χ3n) is 6.39. The van der Waals surface area contributed by atoms with Crippen molar-refractivity contribution < 1.29 is 14.3 Å². The number of benzene rings is 2. The molecule has 2 bridgehead atoms. The zero-order valence-corrected chi connectivity index (χ0v) is 15.5. The summed E-state index contributed by atoms with van der Waals surface area (Å²) in [5, 5.41) is 10.3. The van der Waals surface area contributed by atoms with Gasteiger partial charge in [-0.05, 0) is 55.4 Å². The Balaban J connectivity index is 1.46. The molecule has 27 heavy (non-hydrogen) atoms. The van der Waals surface area contributed by atoms with Gasteiger partial charge in [-0.1, -0.05) is 42.5 Å². The zero-order chi connectivity index (χ0) is 18.9. The second kappa shape index (κ2) is 7.43. The summed E-state index contributed by atoms with van der Waals surface area (Å²) >= 11 is 0. The number of amides is 1. The number of fused-ring (bicyclic) bond motifs is 2. The SMILES string of the molecule is O=C(CCc1ccc(F)cc1)N1[C@H]2CC[C@@H]1[C@@](CO)(Cc1ccccc1)C2. The molecule has 4 rings (SSSR count). The van der Waals surface area contributed by atoms with Crippen LogP contribution in [0.25, 0.3) is 0 Å². The van der Waals surface area contributed by atoms with Gasteiger partial charge in [0.1, 0.15) is 5.82 Å². The summed E-state index contributed by atoms with van der Waals surface area (Å²) in [5.41, 5.74) is 1.97. The number of hydrogen-bond donors (Lipinski definition) is 1. The highest BCUT2D eigenvalue weighted by molar-refractivity contribution is 5.78. The monoisotopic (exact) mass is 367 g/mol. The van der Waals surface area contributed by atoms with Crippen molar-refractivity contribution in [3.63, 3.8) is 0 Å². The molecular formula is C23H26FNO2. The Bertz CT molecular complexity index is 792. The molecule has 0 aromatic heterocycles. The summed E-state index contributed by atoms with van der Waals surface area (Å²) in [6.45, 7) is 0.116. The van der Waals surface area contributed by atoms with Crippen LogP contribution in [0, 0.1) is 11.2 Å². The van der Waals surface area contributed by atoms with Crippen LogP contribution in [0.5, 0.6) is 0 Å². The van der Waals surface area contributed by atoms with Gasteiger partial charge >= 0.3 is 0 Å². The van der Waals surface area contributed by atoms with E-state index in [4.69, 9.17) is 0 Å². The second-order valence-corrected chi connectivity index (χ2v) is 8.06. The fourth-order valence-electron chi connectivity index (χ4n) is 5.12. The van der Waals surface area contributed by atoms with Crippen LogP contribution in [0.1, 0.15) is 36.8 Å². The first-order chi connectivity index (χ1) is 13.1. The summed E-state index contributed by atoms with van der Waals surface area (Å²) in [6, 6.07) is 17.0. The molecule has 1 N–H and O–H groups in total. The molecule has 0 spiro atoms. The molecule has 1 amide bonds. The predicted octanol–water partition coefficient (Wildman–Crippen LogP) is 3.74. The largest absolute Gasteiger partial charge is 0.396 e. The lowest BCUT2D eigenvalue weighted by atomic mass is 9.70. The molecule has 2 aliphatic heterocycles. The van der Waals surface area contributed by atoms with Gasteiger partial charge in [0.25, 0.3) is 0 Å². The number of aliphatic hydroxyl groups is 1. The molecule has 2 aromatic carbocycles. The van der Waals surface area contributed by atoms with Gasteiger partial charge in [0.05, 0.1) is 6.61 Å². The highest BCUT2D eigenvalue weighted by Gasteiger charge is 2.56. The van der Waals surface area contributed by atoms with Gasteiger partial charge < -0.3 is 10.0 Å². The summed E-state index contributed by atoms with van der Waals surface area (Å²) in [5.74, 6) is -0.0912. The molecule has 2 aliphatic rings. The lowest BCUT2D eigenvalue weighted by Gasteiger charge is -2.36. The molecule has 0 unspecified atom stereocenters. The molecule has 0 radical (unpaired) electrons. The van der Waals surface area contributed by atoms with E-state index in [1.54, 1.807) is 12.1 Å². The van der Waals surface area contributed by atoms with Crippen LogP contribution in [0.2, 0.25) is 0 Å². The predicted molar refractivity (Wildman–Crippen MR) is 103 cm³/mol. The number of rotatable bonds is 6. The number of carbonyl (C=O) groups excluding carboxylic acids is 1. The van der Waals surface area contributed by atoms with Crippen LogP contribution in [0.4, 0.5) is 4.39 Å². The number of hydrogen-bond acceptors (Lipinski definition) is 2. The number of aliphatic hydroxyl groups excluding tert-OH is 1. The van der Waals surface area contributed by atoms with Crippen molar-refractivity contribution in [1.82, 2.24) is 4.90 Å². The van der Waals surface area contributed by atoms with Crippen LogP contribution in [0.3, 0.4) is 0 Å². The van der Waals surface area contributed by atoms with Crippen molar-refractivity contribution in [2.24, 2.45) is 5.41 Å². The van der Waals surface area contributed by atoms with Crippen LogP contribution < -0.4 is 0 Å². The van der Waals surface area contributed by atoms with Gasteiger partial charge in [-0.15, -0.1) is 0 Å². The maximum Gasteiger partial charge on any atom is 0.223 e. The maximum absolute atomic E-state index is 13.0. The van der Waals surface area contributed by atoms with Gasteiger partial charge in [0.2, 0.25) is 5.91 Å². The van der Waals surface area contributed by atoms with Gasteiger partial charge in [-0.3, -0.25) is 4.79 Å². The van der Waals surface area contributed by atoms with E-state index in [-0.39, 0.29) is 35.8 Å². The molecule has 2 fully saturated rings. The van der Waals surface area contributed by atoms with Crippen LogP contribution >= 0.6 is 0 Å². The van der Waals surface area contributed by atoms with Crippen molar-refractivity contribution in [1.29, 1.82) is 0 Å². The summed E-state index contributed by atoms with van der Waals surface area (Å²) in [6.07, 6.45) is 4.76. The molecular weight excluding hydrogens is 341 g/mol.